The Labute approximate surface area is 142 Å². The van der Waals surface area contributed by atoms with Crippen LogP contribution < -0.4 is 10.6 Å². The number of nitrogens with zero attached hydrogens (tertiary/aromatic N) is 1. The molecule has 24 heavy (non-hydrogen) atoms. The molecule has 1 aromatic rings. The van der Waals surface area contributed by atoms with Crippen molar-refractivity contribution in [3.8, 4) is 0 Å². The van der Waals surface area contributed by atoms with Crippen molar-refractivity contribution < 1.29 is 14.7 Å². The van der Waals surface area contributed by atoms with Crippen molar-refractivity contribution in [2.75, 3.05) is 13.1 Å². The number of rotatable bonds is 4. The van der Waals surface area contributed by atoms with Gasteiger partial charge in [-0.1, -0.05) is 36.4 Å². The minimum absolute atomic E-state index is 0.241. The van der Waals surface area contributed by atoms with E-state index in [1.165, 1.54) is 6.92 Å². The second kappa shape index (κ2) is 7.49. The summed E-state index contributed by atoms with van der Waals surface area (Å²) in [5, 5.41) is 16.4. The molecule has 0 bridgehead atoms. The van der Waals surface area contributed by atoms with E-state index in [1.54, 1.807) is 17.9 Å². The predicted octanol–water partition coefficient (Wildman–Crippen LogP) is 1.58. The zero-order chi connectivity index (χ0) is 17.7. The van der Waals surface area contributed by atoms with Crippen LogP contribution in [0.1, 0.15) is 31.9 Å². The standard InChI is InChI=1S/C18H25N3O3/c1-4-11-19-17(23)21-12-10-18(3,24)16(20-13(2)22)15(21)14-8-6-5-7-9-14/h4-9,15-16,24H,1,10-12H2,2-3H3,(H,19,23)(H,20,22). The number of piperidine rings is 1. The van der Waals surface area contributed by atoms with Crippen molar-refractivity contribution in [2.24, 2.45) is 0 Å². The number of carbonyl (C=O) groups is 2. The number of benzene rings is 1. The Kier molecular flexibility index (Phi) is 5.62. The molecule has 0 spiro atoms. The molecule has 1 heterocycles. The Morgan fingerprint density at radius 2 is 2.08 bits per heavy atom. The van der Waals surface area contributed by atoms with E-state index in [-0.39, 0.29) is 11.9 Å². The SMILES string of the molecule is C=CCNC(=O)N1CCC(C)(O)C(NC(C)=O)C1c1ccccc1. The fourth-order valence-corrected chi connectivity index (χ4v) is 3.13. The van der Waals surface area contributed by atoms with Gasteiger partial charge in [0.25, 0.3) is 0 Å². The fourth-order valence-electron chi connectivity index (χ4n) is 3.13. The van der Waals surface area contributed by atoms with E-state index < -0.39 is 17.7 Å². The van der Waals surface area contributed by atoms with Crippen molar-refractivity contribution in [1.82, 2.24) is 15.5 Å². The number of nitrogens with one attached hydrogen (secondary N) is 2. The molecule has 0 aromatic heterocycles. The van der Waals surface area contributed by atoms with Crippen LogP contribution in [0.5, 0.6) is 0 Å². The molecular formula is C18H25N3O3. The second-order valence-electron chi connectivity index (χ2n) is 6.31. The molecule has 3 N–H and O–H groups in total. The van der Waals surface area contributed by atoms with Crippen molar-refractivity contribution in [1.29, 1.82) is 0 Å². The van der Waals surface area contributed by atoms with E-state index in [0.717, 1.165) is 5.56 Å². The summed E-state index contributed by atoms with van der Waals surface area (Å²) in [7, 11) is 0. The maximum absolute atomic E-state index is 12.6. The third kappa shape index (κ3) is 3.94. The molecule has 1 saturated heterocycles. The molecular weight excluding hydrogens is 306 g/mol. The summed E-state index contributed by atoms with van der Waals surface area (Å²) in [6, 6.07) is 8.15. The predicted molar refractivity (Wildman–Crippen MR) is 92.3 cm³/mol. The average molecular weight is 331 g/mol. The largest absolute Gasteiger partial charge is 0.388 e. The van der Waals surface area contributed by atoms with Gasteiger partial charge in [0.2, 0.25) is 5.91 Å². The van der Waals surface area contributed by atoms with Gasteiger partial charge in [0.05, 0.1) is 17.7 Å². The van der Waals surface area contributed by atoms with Gasteiger partial charge in [0.1, 0.15) is 0 Å². The Bertz CT molecular complexity index is 601. The van der Waals surface area contributed by atoms with E-state index in [9.17, 15) is 14.7 Å². The number of hydrogen-bond donors (Lipinski definition) is 3. The number of likely N-dealkylation sites (tertiary alicyclic amines) is 1. The molecule has 3 unspecified atom stereocenters. The molecule has 6 nitrogen and oxygen atoms in total. The first-order valence-corrected chi connectivity index (χ1v) is 8.06. The summed E-state index contributed by atoms with van der Waals surface area (Å²) in [5.74, 6) is -0.241. The van der Waals surface area contributed by atoms with E-state index in [2.05, 4.69) is 17.2 Å². The van der Waals surface area contributed by atoms with E-state index >= 15 is 0 Å². The molecule has 3 amide bonds. The highest BCUT2D eigenvalue weighted by atomic mass is 16.3. The highest BCUT2D eigenvalue weighted by molar-refractivity contribution is 5.76. The molecule has 1 aromatic carbocycles. The summed E-state index contributed by atoms with van der Waals surface area (Å²) in [4.78, 5) is 25.9. The van der Waals surface area contributed by atoms with Gasteiger partial charge in [-0.15, -0.1) is 6.58 Å². The van der Waals surface area contributed by atoms with Crippen LogP contribution in [0.4, 0.5) is 4.79 Å². The zero-order valence-corrected chi connectivity index (χ0v) is 14.2. The maximum atomic E-state index is 12.6. The third-order valence-corrected chi connectivity index (χ3v) is 4.34. The first-order chi connectivity index (χ1) is 11.4. The van der Waals surface area contributed by atoms with Crippen LogP contribution in [0.15, 0.2) is 43.0 Å². The first-order valence-electron chi connectivity index (χ1n) is 8.06. The molecule has 130 valence electrons. The number of aliphatic hydroxyl groups is 1. The number of urea groups is 1. The molecule has 2 rings (SSSR count). The molecule has 1 aliphatic heterocycles. The van der Waals surface area contributed by atoms with E-state index in [1.807, 2.05) is 30.3 Å². The lowest BCUT2D eigenvalue weighted by Crippen LogP contribution is -2.64. The second-order valence-corrected chi connectivity index (χ2v) is 6.31. The summed E-state index contributed by atoms with van der Waals surface area (Å²) in [6.45, 7) is 7.46. The van der Waals surface area contributed by atoms with Crippen LogP contribution in [0.25, 0.3) is 0 Å². The van der Waals surface area contributed by atoms with Crippen molar-refractivity contribution in [2.45, 2.75) is 38.0 Å². The van der Waals surface area contributed by atoms with Gasteiger partial charge in [-0.2, -0.15) is 0 Å². The molecule has 0 aliphatic carbocycles. The summed E-state index contributed by atoms with van der Waals surface area (Å²) >= 11 is 0. The Hall–Kier alpha value is -2.34. The van der Waals surface area contributed by atoms with Crippen molar-refractivity contribution >= 4 is 11.9 Å². The number of hydrogen-bond acceptors (Lipinski definition) is 3. The number of amides is 3. The van der Waals surface area contributed by atoms with Crippen LogP contribution in [-0.4, -0.2) is 46.7 Å². The van der Waals surface area contributed by atoms with Gasteiger partial charge in [-0.3, -0.25) is 4.79 Å². The van der Waals surface area contributed by atoms with Gasteiger partial charge in [0.15, 0.2) is 0 Å². The normalized spacial score (nSPS) is 26.5. The number of carbonyl (C=O) groups excluding carboxylic acids is 2. The highest BCUT2D eigenvalue weighted by Crippen LogP contribution is 2.37. The average Bonchev–Trinajstić information content (AvgIpc) is 2.54. The van der Waals surface area contributed by atoms with Crippen molar-refractivity contribution in [3.63, 3.8) is 0 Å². The third-order valence-electron chi connectivity index (χ3n) is 4.34. The molecule has 3 atom stereocenters. The lowest BCUT2D eigenvalue weighted by Gasteiger charge is -2.48. The van der Waals surface area contributed by atoms with Crippen LogP contribution in [0.2, 0.25) is 0 Å². The van der Waals surface area contributed by atoms with E-state index in [0.29, 0.717) is 19.5 Å². The molecule has 6 heteroatoms. The highest BCUT2D eigenvalue weighted by Gasteiger charge is 2.47. The van der Waals surface area contributed by atoms with Crippen molar-refractivity contribution in [3.05, 3.63) is 48.6 Å². The van der Waals surface area contributed by atoms with Gasteiger partial charge in [-0.05, 0) is 18.9 Å². The molecule has 1 fully saturated rings. The zero-order valence-electron chi connectivity index (χ0n) is 14.2. The molecule has 0 saturated carbocycles. The monoisotopic (exact) mass is 331 g/mol. The summed E-state index contributed by atoms with van der Waals surface area (Å²) in [5.41, 5.74) is -0.244. The lowest BCUT2D eigenvalue weighted by molar-refractivity contribution is -0.125. The fraction of sp³-hybridized carbons (Fsp3) is 0.444. The van der Waals surface area contributed by atoms with Crippen LogP contribution in [0.3, 0.4) is 0 Å². The minimum atomic E-state index is -1.11. The first kappa shape index (κ1) is 18.0. The maximum Gasteiger partial charge on any atom is 0.318 e. The Morgan fingerprint density at radius 1 is 1.42 bits per heavy atom. The van der Waals surface area contributed by atoms with Gasteiger partial charge < -0.3 is 20.6 Å². The van der Waals surface area contributed by atoms with Gasteiger partial charge in [-0.25, -0.2) is 4.79 Å². The molecule has 1 aliphatic rings. The van der Waals surface area contributed by atoms with Crippen LogP contribution >= 0.6 is 0 Å². The summed E-state index contributed by atoms with van der Waals surface area (Å²) < 4.78 is 0. The lowest BCUT2D eigenvalue weighted by atomic mass is 9.79. The Balaban J connectivity index is 2.41. The topological polar surface area (TPSA) is 81.7 Å². The Morgan fingerprint density at radius 3 is 2.67 bits per heavy atom. The minimum Gasteiger partial charge on any atom is -0.388 e. The summed E-state index contributed by atoms with van der Waals surface area (Å²) in [6.07, 6.45) is 1.99. The van der Waals surface area contributed by atoms with Gasteiger partial charge in [0, 0.05) is 20.0 Å². The van der Waals surface area contributed by atoms with Crippen LogP contribution in [-0.2, 0) is 4.79 Å². The quantitative estimate of drug-likeness (QED) is 0.733. The van der Waals surface area contributed by atoms with E-state index in [4.69, 9.17) is 0 Å². The smallest absolute Gasteiger partial charge is 0.318 e. The van der Waals surface area contributed by atoms with Crippen LogP contribution in [0, 0.1) is 0 Å². The molecule has 0 radical (unpaired) electrons. The van der Waals surface area contributed by atoms with Gasteiger partial charge >= 0.3 is 6.03 Å².